The monoisotopic (exact) mass is 442 g/mol. The maximum absolute atomic E-state index is 11.5. The molecule has 4 aliphatic carbocycles. The zero-order valence-electron chi connectivity index (χ0n) is 22.1. The molecule has 0 aliphatic heterocycles. The summed E-state index contributed by atoms with van der Waals surface area (Å²) in [5.41, 5.74) is 2.51. The van der Waals surface area contributed by atoms with Gasteiger partial charge in [0.15, 0.2) is 0 Å². The second kappa shape index (κ2) is 9.10. The Balaban J connectivity index is 1.46. The van der Waals surface area contributed by atoms with Crippen molar-refractivity contribution in [2.45, 2.75) is 119 Å². The third kappa shape index (κ3) is 4.22. The highest BCUT2D eigenvalue weighted by atomic mass is 16.5. The first kappa shape index (κ1) is 24.3. The zero-order chi connectivity index (χ0) is 23.3. The van der Waals surface area contributed by atoms with Crippen LogP contribution in [0.3, 0.4) is 0 Å². The number of ether oxygens (including phenoxy) is 1. The molecule has 9 atom stereocenters. The Bertz CT molecular complexity index is 722. The highest BCUT2D eigenvalue weighted by Gasteiger charge is 2.59. The predicted octanol–water partition coefficient (Wildman–Crippen LogP) is 8.21. The van der Waals surface area contributed by atoms with Gasteiger partial charge in [-0.1, -0.05) is 66.0 Å². The lowest BCUT2D eigenvalue weighted by Gasteiger charge is -2.58. The lowest BCUT2D eigenvalue weighted by Crippen LogP contribution is -2.51. The minimum absolute atomic E-state index is 0.113. The molecule has 0 heterocycles. The van der Waals surface area contributed by atoms with Crippen LogP contribution in [0.2, 0.25) is 0 Å². The van der Waals surface area contributed by atoms with Gasteiger partial charge >= 0.3 is 5.97 Å². The van der Waals surface area contributed by atoms with Crippen molar-refractivity contribution in [3.05, 3.63) is 11.6 Å². The Morgan fingerprint density at radius 3 is 2.47 bits per heavy atom. The first-order chi connectivity index (χ1) is 15.1. The molecular formula is C30H50O2. The average Bonchev–Trinajstić information content (AvgIpc) is 3.08. The van der Waals surface area contributed by atoms with E-state index in [9.17, 15) is 4.79 Å². The molecule has 3 saturated carbocycles. The van der Waals surface area contributed by atoms with E-state index in [1.807, 2.05) is 0 Å². The molecule has 0 aromatic rings. The van der Waals surface area contributed by atoms with Crippen LogP contribution < -0.4 is 0 Å². The van der Waals surface area contributed by atoms with E-state index >= 15 is 0 Å². The molecule has 182 valence electrons. The first-order valence-corrected chi connectivity index (χ1v) is 13.9. The molecule has 4 aliphatic rings. The van der Waals surface area contributed by atoms with Crippen molar-refractivity contribution in [2.75, 3.05) is 0 Å². The van der Waals surface area contributed by atoms with E-state index in [-0.39, 0.29) is 12.1 Å². The molecule has 0 saturated heterocycles. The van der Waals surface area contributed by atoms with Gasteiger partial charge in [0, 0.05) is 13.3 Å². The van der Waals surface area contributed by atoms with Crippen LogP contribution in [0.5, 0.6) is 0 Å². The molecular weight excluding hydrogens is 392 g/mol. The summed E-state index contributed by atoms with van der Waals surface area (Å²) in [7, 11) is 0. The van der Waals surface area contributed by atoms with Crippen LogP contribution in [0.4, 0.5) is 0 Å². The molecule has 0 bridgehead atoms. The van der Waals surface area contributed by atoms with Crippen LogP contribution in [-0.4, -0.2) is 12.1 Å². The van der Waals surface area contributed by atoms with Crippen molar-refractivity contribution < 1.29 is 9.53 Å². The fourth-order valence-corrected chi connectivity index (χ4v) is 9.00. The minimum atomic E-state index is -0.116. The van der Waals surface area contributed by atoms with Gasteiger partial charge in [-0.15, -0.1) is 0 Å². The lowest BCUT2D eigenvalue weighted by atomic mass is 9.47. The number of hydrogen-bond acceptors (Lipinski definition) is 2. The normalized spacial score (nSPS) is 43.0. The number of allylic oxidation sites excluding steroid dienone is 1. The maximum Gasteiger partial charge on any atom is 0.302 e. The van der Waals surface area contributed by atoms with E-state index in [1.54, 1.807) is 12.5 Å². The van der Waals surface area contributed by atoms with Gasteiger partial charge < -0.3 is 4.74 Å². The van der Waals surface area contributed by atoms with E-state index in [4.69, 9.17) is 4.74 Å². The number of rotatable bonds is 6. The maximum atomic E-state index is 11.5. The van der Waals surface area contributed by atoms with Crippen LogP contribution in [-0.2, 0) is 9.53 Å². The van der Waals surface area contributed by atoms with Crippen LogP contribution in [0.15, 0.2) is 11.6 Å². The second-order valence-electron chi connectivity index (χ2n) is 13.2. The fourth-order valence-electron chi connectivity index (χ4n) is 9.00. The fraction of sp³-hybridized carbons (Fsp3) is 0.900. The molecule has 0 radical (unpaired) electrons. The molecule has 3 fully saturated rings. The highest BCUT2D eigenvalue weighted by Crippen LogP contribution is 2.67. The van der Waals surface area contributed by atoms with Gasteiger partial charge in [0.2, 0.25) is 0 Å². The Hall–Kier alpha value is -0.790. The summed E-state index contributed by atoms with van der Waals surface area (Å²) in [5, 5.41) is 0. The van der Waals surface area contributed by atoms with Gasteiger partial charge in [-0.05, 0) is 97.2 Å². The minimum Gasteiger partial charge on any atom is -0.462 e. The zero-order valence-corrected chi connectivity index (χ0v) is 22.1. The van der Waals surface area contributed by atoms with Crippen molar-refractivity contribution in [3.63, 3.8) is 0 Å². The number of hydrogen-bond donors (Lipinski definition) is 0. The van der Waals surface area contributed by atoms with Gasteiger partial charge in [0.05, 0.1) is 0 Å². The number of carbonyl (C=O) groups is 1. The van der Waals surface area contributed by atoms with E-state index in [0.29, 0.717) is 10.8 Å². The molecule has 0 aromatic heterocycles. The Labute approximate surface area is 198 Å². The molecule has 0 aromatic carbocycles. The molecule has 32 heavy (non-hydrogen) atoms. The number of esters is 1. The largest absolute Gasteiger partial charge is 0.462 e. The lowest BCUT2D eigenvalue weighted by molar-refractivity contribution is -0.148. The average molecular weight is 443 g/mol. The predicted molar refractivity (Wildman–Crippen MR) is 133 cm³/mol. The molecule has 4 rings (SSSR count). The number of fused-ring (bicyclic) bond motifs is 5. The Morgan fingerprint density at radius 1 is 1.03 bits per heavy atom. The van der Waals surface area contributed by atoms with Gasteiger partial charge in [-0.25, -0.2) is 0 Å². The van der Waals surface area contributed by atoms with Gasteiger partial charge in [-0.2, -0.15) is 0 Å². The van der Waals surface area contributed by atoms with E-state index in [2.05, 4.69) is 47.6 Å². The van der Waals surface area contributed by atoms with Crippen LogP contribution in [0.25, 0.3) is 0 Å². The summed E-state index contributed by atoms with van der Waals surface area (Å²) >= 11 is 0. The third-order valence-corrected chi connectivity index (χ3v) is 11.4. The van der Waals surface area contributed by atoms with Gasteiger partial charge in [0.1, 0.15) is 6.10 Å². The summed E-state index contributed by atoms with van der Waals surface area (Å²) < 4.78 is 5.62. The molecule has 0 unspecified atom stereocenters. The summed E-state index contributed by atoms with van der Waals surface area (Å²) in [6.07, 6.45) is 15.8. The van der Waals surface area contributed by atoms with E-state index < -0.39 is 0 Å². The second-order valence-corrected chi connectivity index (χ2v) is 13.2. The summed E-state index contributed by atoms with van der Waals surface area (Å²) in [6.45, 7) is 16.6. The van der Waals surface area contributed by atoms with Crippen molar-refractivity contribution in [1.82, 2.24) is 0 Å². The highest BCUT2D eigenvalue weighted by molar-refractivity contribution is 5.66. The molecule has 2 nitrogen and oxygen atoms in total. The summed E-state index contributed by atoms with van der Waals surface area (Å²) in [4.78, 5) is 11.5. The molecule has 0 N–H and O–H groups in total. The van der Waals surface area contributed by atoms with Crippen molar-refractivity contribution >= 4 is 5.97 Å². The molecule has 0 spiro atoms. The summed E-state index contributed by atoms with van der Waals surface area (Å²) in [6, 6.07) is 0. The van der Waals surface area contributed by atoms with Gasteiger partial charge in [-0.3, -0.25) is 4.79 Å². The quantitative estimate of drug-likeness (QED) is 0.306. The topological polar surface area (TPSA) is 26.3 Å². The van der Waals surface area contributed by atoms with Gasteiger partial charge in [0.25, 0.3) is 0 Å². The van der Waals surface area contributed by atoms with Crippen molar-refractivity contribution in [2.24, 2.45) is 52.3 Å². The Morgan fingerprint density at radius 2 is 1.78 bits per heavy atom. The van der Waals surface area contributed by atoms with Crippen LogP contribution >= 0.6 is 0 Å². The van der Waals surface area contributed by atoms with E-state index in [0.717, 1.165) is 54.3 Å². The number of carbonyl (C=O) groups excluding carboxylic acids is 1. The van der Waals surface area contributed by atoms with Crippen LogP contribution in [0, 0.1) is 52.3 Å². The molecule has 0 amide bonds. The van der Waals surface area contributed by atoms with Crippen molar-refractivity contribution in [3.8, 4) is 0 Å². The first-order valence-electron chi connectivity index (χ1n) is 13.9. The van der Waals surface area contributed by atoms with E-state index in [1.165, 1.54) is 51.4 Å². The van der Waals surface area contributed by atoms with Crippen molar-refractivity contribution in [1.29, 1.82) is 0 Å². The molecule has 2 heteroatoms. The smallest absolute Gasteiger partial charge is 0.302 e. The standard InChI is InChI=1S/C30H50O2/c1-19(2)20(3)8-9-21(4)26-12-13-27-25-11-10-23-18-24(32-22(5)31)14-16-29(23,6)28(25)15-17-30(26,27)7/h10,19-21,24-28H,8-9,11-18H2,1-7H3/t20-,21+,24+,25-,26+,27-,28-,29-,30+/m0/s1. The third-order valence-electron chi connectivity index (χ3n) is 11.4. The SMILES string of the molecule is CC(=O)O[C@@H]1CC[C@@]2(C)C(=CC[C@H]3[C@@H]4CC[C@H]([C@H](C)CC[C@H](C)C(C)C)[C@@]4(C)CC[C@@H]32)C1. The Kier molecular flexibility index (Phi) is 6.92. The summed E-state index contributed by atoms with van der Waals surface area (Å²) in [5.74, 6) is 5.96. The van der Waals surface area contributed by atoms with Crippen LogP contribution in [0.1, 0.15) is 113 Å².